The topological polar surface area (TPSA) is 100 Å². The fraction of sp³-hybridized carbons (Fsp3) is 0.360. The SMILES string of the molecule is COc1cc(-c2nc3n(n2)[C@@H](c2cccnc2)C2=C(CC(C)(C)CC2=O)N3)cc(OC)c1OC. The average molecular weight is 462 g/mol. The number of nitrogens with one attached hydrogen (secondary N) is 1. The smallest absolute Gasteiger partial charge is 0.226 e. The maximum Gasteiger partial charge on any atom is 0.226 e. The Morgan fingerprint density at radius 1 is 1.09 bits per heavy atom. The van der Waals surface area contributed by atoms with Gasteiger partial charge in [0.2, 0.25) is 11.7 Å². The van der Waals surface area contributed by atoms with E-state index in [1.807, 2.05) is 24.3 Å². The third kappa shape index (κ3) is 3.57. The van der Waals surface area contributed by atoms with Gasteiger partial charge >= 0.3 is 0 Å². The van der Waals surface area contributed by atoms with Crippen molar-refractivity contribution in [1.82, 2.24) is 19.7 Å². The molecule has 0 spiro atoms. The summed E-state index contributed by atoms with van der Waals surface area (Å²) in [5.74, 6) is 2.67. The summed E-state index contributed by atoms with van der Waals surface area (Å²) in [5, 5.41) is 8.22. The molecule has 2 aromatic heterocycles. The third-order valence-electron chi connectivity index (χ3n) is 6.26. The minimum absolute atomic E-state index is 0.114. The second-order valence-corrected chi connectivity index (χ2v) is 9.26. The predicted octanol–water partition coefficient (Wildman–Crippen LogP) is 4.02. The van der Waals surface area contributed by atoms with Gasteiger partial charge < -0.3 is 19.5 Å². The number of hydrogen-bond acceptors (Lipinski definition) is 8. The summed E-state index contributed by atoms with van der Waals surface area (Å²) < 4.78 is 18.2. The van der Waals surface area contributed by atoms with Crippen LogP contribution in [-0.2, 0) is 4.79 Å². The van der Waals surface area contributed by atoms with Crippen LogP contribution in [0, 0.1) is 5.41 Å². The number of pyridine rings is 1. The Bertz CT molecular complexity index is 1270. The molecule has 0 unspecified atom stereocenters. The number of allylic oxidation sites excluding steroid dienone is 2. The lowest BCUT2D eigenvalue weighted by atomic mass is 9.73. The van der Waals surface area contributed by atoms with Crippen LogP contribution in [0.3, 0.4) is 0 Å². The number of carbonyl (C=O) groups is 1. The number of methoxy groups -OCH3 is 3. The lowest BCUT2D eigenvalue weighted by Crippen LogP contribution is -2.36. The number of rotatable bonds is 5. The van der Waals surface area contributed by atoms with Crippen molar-refractivity contribution in [2.75, 3.05) is 26.6 Å². The summed E-state index contributed by atoms with van der Waals surface area (Å²) in [4.78, 5) is 22.4. The third-order valence-corrected chi connectivity index (χ3v) is 6.26. The van der Waals surface area contributed by atoms with Crippen molar-refractivity contribution in [3.63, 3.8) is 0 Å². The monoisotopic (exact) mass is 461 g/mol. The van der Waals surface area contributed by atoms with Crippen LogP contribution in [0.25, 0.3) is 11.4 Å². The van der Waals surface area contributed by atoms with Crippen molar-refractivity contribution >= 4 is 11.7 Å². The minimum Gasteiger partial charge on any atom is -0.493 e. The molecule has 0 bridgehead atoms. The normalized spacial score (nSPS) is 18.6. The summed E-state index contributed by atoms with van der Waals surface area (Å²) in [6, 6.07) is 7.04. The van der Waals surface area contributed by atoms with Gasteiger partial charge in [-0.25, -0.2) is 4.68 Å². The highest BCUT2D eigenvalue weighted by molar-refractivity contribution is 6.00. The van der Waals surface area contributed by atoms with Gasteiger partial charge in [-0.1, -0.05) is 19.9 Å². The zero-order valence-electron chi connectivity index (χ0n) is 19.9. The van der Waals surface area contributed by atoms with Crippen molar-refractivity contribution in [2.24, 2.45) is 5.41 Å². The molecule has 1 N–H and O–H groups in total. The Balaban J connectivity index is 1.67. The molecule has 9 nitrogen and oxygen atoms in total. The van der Waals surface area contributed by atoms with Crippen LogP contribution in [-0.4, -0.2) is 46.9 Å². The largest absolute Gasteiger partial charge is 0.493 e. The number of Topliss-reactive ketones (excluding diaryl/α,β-unsaturated/α-hetero) is 1. The van der Waals surface area contributed by atoms with Gasteiger partial charge in [-0.3, -0.25) is 9.78 Å². The van der Waals surface area contributed by atoms with Gasteiger partial charge in [0, 0.05) is 35.6 Å². The van der Waals surface area contributed by atoms with Gasteiger partial charge in [-0.15, -0.1) is 5.10 Å². The molecule has 9 heteroatoms. The van der Waals surface area contributed by atoms with Crippen molar-refractivity contribution < 1.29 is 19.0 Å². The van der Waals surface area contributed by atoms with Gasteiger partial charge in [-0.05, 0) is 35.6 Å². The van der Waals surface area contributed by atoms with E-state index in [0.29, 0.717) is 41.0 Å². The van der Waals surface area contributed by atoms with Gasteiger partial charge in [0.1, 0.15) is 6.04 Å². The second-order valence-electron chi connectivity index (χ2n) is 9.26. The van der Waals surface area contributed by atoms with Crippen LogP contribution in [0.5, 0.6) is 17.2 Å². The highest BCUT2D eigenvalue weighted by Gasteiger charge is 2.42. The quantitative estimate of drug-likeness (QED) is 0.608. The van der Waals surface area contributed by atoms with Gasteiger partial charge in [0.25, 0.3) is 0 Å². The molecule has 34 heavy (non-hydrogen) atoms. The van der Waals surface area contributed by atoms with E-state index in [-0.39, 0.29) is 11.2 Å². The zero-order valence-corrected chi connectivity index (χ0v) is 19.9. The number of ether oxygens (including phenoxy) is 3. The number of ketones is 1. The van der Waals surface area contributed by atoms with Crippen LogP contribution >= 0.6 is 0 Å². The van der Waals surface area contributed by atoms with E-state index in [4.69, 9.17) is 24.3 Å². The Labute approximate surface area is 197 Å². The molecule has 1 aliphatic carbocycles. The molecule has 3 heterocycles. The Morgan fingerprint density at radius 3 is 2.44 bits per heavy atom. The van der Waals surface area contributed by atoms with Gasteiger partial charge in [-0.2, -0.15) is 4.98 Å². The molecule has 0 saturated carbocycles. The highest BCUT2D eigenvalue weighted by Crippen LogP contribution is 2.46. The van der Waals surface area contributed by atoms with Crippen molar-refractivity contribution in [1.29, 1.82) is 0 Å². The van der Waals surface area contributed by atoms with Crippen molar-refractivity contribution in [2.45, 2.75) is 32.7 Å². The summed E-state index contributed by atoms with van der Waals surface area (Å²) >= 11 is 0. The number of benzene rings is 1. The number of hydrogen-bond donors (Lipinski definition) is 1. The molecular weight excluding hydrogens is 434 g/mol. The predicted molar refractivity (Wildman–Crippen MR) is 126 cm³/mol. The fourth-order valence-electron chi connectivity index (χ4n) is 4.79. The summed E-state index contributed by atoms with van der Waals surface area (Å²) in [5.41, 5.74) is 3.07. The molecule has 1 aromatic carbocycles. The maximum absolute atomic E-state index is 13.3. The van der Waals surface area contributed by atoms with E-state index in [0.717, 1.165) is 23.3 Å². The van der Waals surface area contributed by atoms with E-state index >= 15 is 0 Å². The number of anilines is 1. The van der Waals surface area contributed by atoms with Gasteiger partial charge in [0.15, 0.2) is 23.1 Å². The van der Waals surface area contributed by atoms with E-state index in [9.17, 15) is 4.79 Å². The standard InChI is InChI=1S/C25H27N5O4/c1-25(2)11-16-20(17(31)12-25)21(14-7-6-8-26-13-14)30-24(27-16)28-23(29-30)15-9-18(32-3)22(34-5)19(10-15)33-4/h6-10,13,21H,11-12H2,1-5H3,(H,27,28,29)/t21-/m0/s1. The second kappa shape index (κ2) is 8.16. The Kier molecular flexibility index (Phi) is 5.27. The van der Waals surface area contributed by atoms with E-state index < -0.39 is 6.04 Å². The molecule has 1 aliphatic heterocycles. The average Bonchev–Trinajstić information content (AvgIpc) is 3.25. The van der Waals surface area contributed by atoms with E-state index in [1.54, 1.807) is 38.4 Å². The first kappa shape index (κ1) is 21.9. The van der Waals surface area contributed by atoms with Crippen LogP contribution in [0.15, 0.2) is 47.9 Å². The molecule has 0 radical (unpaired) electrons. The molecule has 0 fully saturated rings. The number of carbonyl (C=O) groups excluding carboxylic acids is 1. The highest BCUT2D eigenvalue weighted by atomic mass is 16.5. The molecule has 2 aliphatic rings. The van der Waals surface area contributed by atoms with Crippen molar-refractivity contribution in [3.05, 3.63) is 53.5 Å². The summed E-state index contributed by atoms with van der Waals surface area (Å²) in [6.45, 7) is 4.21. The van der Waals surface area contributed by atoms with Crippen LogP contribution in [0.4, 0.5) is 5.95 Å². The molecule has 1 atom stereocenters. The molecule has 0 saturated heterocycles. The summed E-state index contributed by atoms with van der Waals surface area (Å²) in [7, 11) is 4.70. The van der Waals surface area contributed by atoms with Crippen molar-refractivity contribution in [3.8, 4) is 28.6 Å². The van der Waals surface area contributed by atoms with Gasteiger partial charge in [0.05, 0.1) is 21.3 Å². The molecule has 3 aromatic rings. The number of aromatic nitrogens is 4. The minimum atomic E-state index is -0.410. The molecule has 176 valence electrons. The van der Waals surface area contributed by atoms with Crippen LogP contribution in [0.1, 0.15) is 38.3 Å². The first-order chi connectivity index (χ1) is 16.3. The molecule has 5 rings (SSSR count). The van der Waals surface area contributed by atoms with Crippen LogP contribution in [0.2, 0.25) is 0 Å². The Hall–Kier alpha value is -3.88. The first-order valence-corrected chi connectivity index (χ1v) is 11.1. The maximum atomic E-state index is 13.3. The number of nitrogens with zero attached hydrogens (tertiary/aromatic N) is 4. The molecular formula is C25H27N5O4. The lowest BCUT2D eigenvalue weighted by Gasteiger charge is -2.38. The summed E-state index contributed by atoms with van der Waals surface area (Å²) in [6.07, 6.45) is 4.72. The zero-order chi connectivity index (χ0) is 24.0. The molecule has 0 amide bonds. The fourth-order valence-corrected chi connectivity index (χ4v) is 4.79. The number of fused-ring (bicyclic) bond motifs is 1. The van der Waals surface area contributed by atoms with Crippen LogP contribution < -0.4 is 19.5 Å². The van der Waals surface area contributed by atoms with E-state index in [2.05, 4.69) is 24.1 Å². The Morgan fingerprint density at radius 2 is 1.82 bits per heavy atom. The first-order valence-electron chi connectivity index (χ1n) is 11.1. The lowest BCUT2D eigenvalue weighted by molar-refractivity contribution is -0.118. The van der Waals surface area contributed by atoms with E-state index in [1.165, 1.54) is 0 Å².